The molecule has 0 aliphatic heterocycles. The third-order valence-corrected chi connectivity index (χ3v) is 7.13. The molecule has 2 aromatic carbocycles. The van der Waals surface area contributed by atoms with Crippen molar-refractivity contribution in [2.75, 3.05) is 32.0 Å². The van der Waals surface area contributed by atoms with Crippen LogP contribution in [0.1, 0.15) is 11.1 Å². The Balaban J connectivity index is 1.87. The normalized spacial score (nSPS) is 10.2. The topological polar surface area (TPSA) is 148 Å². The van der Waals surface area contributed by atoms with E-state index in [1.54, 1.807) is 75.2 Å². The molecule has 41 heavy (non-hydrogen) atoms. The zero-order valence-corrected chi connectivity index (χ0v) is 24.4. The number of benzene rings is 2. The molecule has 0 bridgehead atoms. The van der Waals surface area contributed by atoms with Crippen molar-refractivity contribution in [2.45, 2.75) is 23.0 Å². The summed E-state index contributed by atoms with van der Waals surface area (Å²) < 4.78 is 26.3. The van der Waals surface area contributed by atoms with E-state index in [2.05, 4.69) is 10.3 Å². The SMILES string of the molecule is COc1ccc(COC(=O)C(=CNc2ncc(SC)c(SC)c2OC(N)=O)C(=O)OCc2ccc(OC)cc2)cc1. The summed E-state index contributed by atoms with van der Waals surface area (Å²) >= 11 is 2.71. The van der Waals surface area contributed by atoms with Crippen LogP contribution in [0.3, 0.4) is 0 Å². The molecule has 3 rings (SSSR count). The standard InChI is InChI=1S/C28H29N3O8S2/c1-35-19-9-5-17(6-10-19)15-37-26(32)21(27(33)38-16-18-7-11-20(36-2)12-8-18)13-30-25-23(39-28(29)34)24(41-4)22(40-3)14-31-25/h5-14H,15-16H2,1-4H3,(H2,29,34)(H,30,31). The van der Waals surface area contributed by atoms with Gasteiger partial charge >= 0.3 is 18.0 Å². The van der Waals surface area contributed by atoms with E-state index in [0.29, 0.717) is 27.5 Å². The van der Waals surface area contributed by atoms with Crippen LogP contribution in [0.15, 0.2) is 76.3 Å². The van der Waals surface area contributed by atoms with Crippen molar-refractivity contribution in [2.24, 2.45) is 5.73 Å². The number of aromatic nitrogens is 1. The minimum absolute atomic E-state index is 0.0469. The van der Waals surface area contributed by atoms with Crippen molar-refractivity contribution in [3.63, 3.8) is 0 Å². The highest BCUT2D eigenvalue weighted by atomic mass is 32.2. The lowest BCUT2D eigenvalue weighted by molar-refractivity contribution is -0.148. The molecule has 1 heterocycles. The summed E-state index contributed by atoms with van der Waals surface area (Å²) in [5.74, 6) is -0.511. The van der Waals surface area contributed by atoms with Crippen LogP contribution < -0.4 is 25.3 Å². The molecule has 0 saturated carbocycles. The average molecular weight is 600 g/mol. The first-order chi connectivity index (χ1) is 19.8. The molecule has 3 aromatic rings. The largest absolute Gasteiger partial charge is 0.497 e. The fourth-order valence-electron chi connectivity index (χ4n) is 3.34. The Bertz CT molecular complexity index is 1330. The zero-order chi connectivity index (χ0) is 29.8. The number of hydrogen-bond acceptors (Lipinski definition) is 12. The molecule has 0 spiro atoms. The van der Waals surface area contributed by atoms with Crippen molar-refractivity contribution in [1.29, 1.82) is 0 Å². The van der Waals surface area contributed by atoms with Crippen LogP contribution in [0.25, 0.3) is 0 Å². The van der Waals surface area contributed by atoms with E-state index >= 15 is 0 Å². The van der Waals surface area contributed by atoms with Gasteiger partial charge in [-0.25, -0.2) is 19.4 Å². The van der Waals surface area contributed by atoms with Crippen molar-refractivity contribution < 1.29 is 38.1 Å². The lowest BCUT2D eigenvalue weighted by atomic mass is 10.2. The number of rotatable bonds is 13. The fraction of sp³-hybridized carbons (Fsp3) is 0.214. The first kappa shape index (κ1) is 31.2. The van der Waals surface area contributed by atoms with Gasteiger partial charge < -0.3 is 34.7 Å². The third-order valence-electron chi connectivity index (χ3n) is 5.43. The number of carbonyl (C=O) groups is 3. The molecule has 216 valence electrons. The molecule has 11 nitrogen and oxygen atoms in total. The first-order valence-corrected chi connectivity index (χ1v) is 14.4. The van der Waals surface area contributed by atoms with Gasteiger partial charge in [-0.05, 0) is 47.9 Å². The van der Waals surface area contributed by atoms with Gasteiger partial charge in [0.1, 0.15) is 24.7 Å². The number of anilines is 1. The van der Waals surface area contributed by atoms with Gasteiger partial charge in [-0.15, -0.1) is 23.5 Å². The summed E-state index contributed by atoms with van der Waals surface area (Å²) in [6.07, 6.45) is 5.23. The number of esters is 2. The van der Waals surface area contributed by atoms with Crippen LogP contribution in [0.2, 0.25) is 0 Å². The number of nitrogens with one attached hydrogen (secondary N) is 1. The van der Waals surface area contributed by atoms with E-state index < -0.39 is 23.6 Å². The molecular weight excluding hydrogens is 570 g/mol. The minimum Gasteiger partial charge on any atom is -0.497 e. The summed E-state index contributed by atoms with van der Waals surface area (Å²) in [6, 6.07) is 13.8. The summed E-state index contributed by atoms with van der Waals surface area (Å²) in [5.41, 5.74) is 6.18. The van der Waals surface area contributed by atoms with Crippen molar-refractivity contribution in [1.82, 2.24) is 4.98 Å². The van der Waals surface area contributed by atoms with Gasteiger partial charge in [-0.1, -0.05) is 24.3 Å². The van der Waals surface area contributed by atoms with Crippen LogP contribution >= 0.6 is 23.5 Å². The Hall–Kier alpha value is -4.36. The Labute approximate surface area is 245 Å². The molecule has 3 N–H and O–H groups in total. The average Bonchev–Trinajstić information content (AvgIpc) is 2.99. The van der Waals surface area contributed by atoms with Crippen LogP contribution in [0.5, 0.6) is 17.2 Å². The molecule has 1 aromatic heterocycles. The number of thioether (sulfide) groups is 2. The lowest BCUT2D eigenvalue weighted by Crippen LogP contribution is -2.20. The Morgan fingerprint density at radius 2 is 1.37 bits per heavy atom. The van der Waals surface area contributed by atoms with Gasteiger partial charge in [-0.2, -0.15) is 0 Å². The van der Waals surface area contributed by atoms with Crippen LogP contribution in [-0.4, -0.2) is 49.7 Å². The molecule has 0 fully saturated rings. The summed E-state index contributed by atoms with van der Waals surface area (Å²) in [4.78, 5) is 43.4. The van der Waals surface area contributed by atoms with E-state index in [1.807, 2.05) is 6.26 Å². The molecule has 0 radical (unpaired) electrons. The highest BCUT2D eigenvalue weighted by Gasteiger charge is 2.24. The molecule has 0 aliphatic carbocycles. The number of amides is 1. The van der Waals surface area contributed by atoms with Crippen LogP contribution in [0.4, 0.5) is 10.6 Å². The number of carbonyl (C=O) groups excluding carboxylic acids is 3. The van der Waals surface area contributed by atoms with E-state index in [4.69, 9.17) is 29.4 Å². The predicted molar refractivity (Wildman–Crippen MR) is 155 cm³/mol. The van der Waals surface area contributed by atoms with E-state index in [0.717, 1.165) is 11.1 Å². The van der Waals surface area contributed by atoms with E-state index in [9.17, 15) is 14.4 Å². The fourth-order valence-corrected chi connectivity index (χ4v) is 4.85. The Morgan fingerprint density at radius 1 is 0.854 bits per heavy atom. The zero-order valence-electron chi connectivity index (χ0n) is 22.8. The third kappa shape index (κ3) is 8.82. The maximum absolute atomic E-state index is 13.1. The minimum atomic E-state index is -1.05. The van der Waals surface area contributed by atoms with E-state index in [-0.39, 0.29) is 24.8 Å². The highest BCUT2D eigenvalue weighted by molar-refractivity contribution is 8.01. The van der Waals surface area contributed by atoms with Gasteiger partial charge in [0.2, 0.25) is 0 Å². The summed E-state index contributed by atoms with van der Waals surface area (Å²) in [5, 5.41) is 2.77. The lowest BCUT2D eigenvalue weighted by Gasteiger charge is -2.15. The van der Waals surface area contributed by atoms with Gasteiger partial charge in [0.25, 0.3) is 0 Å². The number of pyridine rings is 1. The van der Waals surface area contributed by atoms with Crippen LogP contribution in [0, 0.1) is 0 Å². The van der Waals surface area contributed by atoms with Crippen molar-refractivity contribution >= 4 is 47.4 Å². The second-order valence-corrected chi connectivity index (χ2v) is 9.67. The number of nitrogens with two attached hydrogens (primary N) is 1. The quantitative estimate of drug-likeness (QED) is 0.0915. The molecular formula is C28H29N3O8S2. The molecule has 0 unspecified atom stereocenters. The van der Waals surface area contributed by atoms with Gasteiger partial charge in [0, 0.05) is 17.3 Å². The summed E-state index contributed by atoms with van der Waals surface area (Å²) in [6.45, 7) is -0.224. The monoisotopic (exact) mass is 599 g/mol. The molecule has 0 aliphatic rings. The first-order valence-electron chi connectivity index (χ1n) is 11.9. The number of primary amides is 1. The highest BCUT2D eigenvalue weighted by Crippen LogP contribution is 2.40. The summed E-state index contributed by atoms with van der Waals surface area (Å²) in [7, 11) is 3.09. The maximum atomic E-state index is 13.1. The second kappa shape index (κ2) is 15.4. The van der Waals surface area contributed by atoms with Crippen LogP contribution in [-0.2, 0) is 32.3 Å². The maximum Gasteiger partial charge on any atom is 0.410 e. The van der Waals surface area contributed by atoms with Crippen molar-refractivity contribution in [3.05, 3.63) is 77.6 Å². The number of methoxy groups -OCH3 is 2. The smallest absolute Gasteiger partial charge is 0.410 e. The van der Waals surface area contributed by atoms with Gasteiger partial charge in [0.15, 0.2) is 17.1 Å². The number of hydrogen-bond donors (Lipinski definition) is 2. The Kier molecular flexibility index (Phi) is 11.7. The molecule has 0 saturated heterocycles. The molecule has 13 heteroatoms. The number of ether oxygens (including phenoxy) is 5. The predicted octanol–water partition coefficient (Wildman–Crippen LogP) is 4.78. The van der Waals surface area contributed by atoms with Crippen molar-refractivity contribution in [3.8, 4) is 17.2 Å². The van der Waals surface area contributed by atoms with E-state index in [1.165, 1.54) is 23.5 Å². The second-order valence-electron chi connectivity index (χ2n) is 8.01. The molecule has 1 amide bonds. The number of nitrogens with zero attached hydrogens (tertiary/aromatic N) is 1. The van der Waals surface area contributed by atoms with Gasteiger partial charge in [0.05, 0.1) is 19.1 Å². The molecule has 0 atom stereocenters. The van der Waals surface area contributed by atoms with Gasteiger partial charge in [-0.3, -0.25) is 0 Å². The Morgan fingerprint density at radius 3 is 1.78 bits per heavy atom.